The molecule has 2 atom stereocenters. The maximum absolute atomic E-state index is 10.1. The molecule has 1 saturated carbocycles. The molecule has 3 N–H and O–H groups in total. The summed E-state index contributed by atoms with van der Waals surface area (Å²) in [5.74, 6) is 0.345. The third-order valence-corrected chi connectivity index (χ3v) is 1.63. The summed E-state index contributed by atoms with van der Waals surface area (Å²) in [4.78, 5) is 10.1. The van der Waals surface area contributed by atoms with Crippen molar-refractivity contribution in [3.63, 3.8) is 0 Å². The zero-order valence-electron chi connectivity index (χ0n) is 5.62. The lowest BCUT2D eigenvalue weighted by Crippen LogP contribution is -2.15. The minimum atomic E-state index is -0.717. The molecule has 0 spiro atoms. The first-order valence-electron chi connectivity index (χ1n) is 3.31. The molecule has 10 heavy (non-hydrogen) atoms. The number of aliphatic hydroxyl groups is 1. The van der Waals surface area contributed by atoms with Gasteiger partial charge in [0.2, 0.25) is 0 Å². The molecule has 0 unspecified atom stereocenters. The molecule has 1 rings (SSSR count). The van der Waals surface area contributed by atoms with E-state index in [0.717, 1.165) is 6.42 Å². The van der Waals surface area contributed by atoms with Gasteiger partial charge in [-0.05, 0) is 12.8 Å². The Bertz CT molecular complexity index is 137. The summed E-state index contributed by atoms with van der Waals surface area (Å²) >= 11 is 0. The Morgan fingerprint density at radius 2 is 2.50 bits per heavy atom. The van der Waals surface area contributed by atoms with Gasteiger partial charge in [-0.2, -0.15) is 0 Å². The minimum absolute atomic E-state index is 0.0235. The summed E-state index contributed by atoms with van der Waals surface area (Å²) in [5, 5.41) is 8.46. The molecule has 4 heteroatoms. The second-order valence-corrected chi connectivity index (χ2v) is 2.48. The van der Waals surface area contributed by atoms with E-state index in [1.807, 2.05) is 0 Å². The molecule has 0 heterocycles. The van der Waals surface area contributed by atoms with E-state index in [9.17, 15) is 4.79 Å². The number of hydrogen-bond donors (Lipinski definition) is 2. The molecule has 1 amide bonds. The van der Waals surface area contributed by atoms with E-state index in [0.29, 0.717) is 12.3 Å². The fourth-order valence-electron chi connectivity index (χ4n) is 0.983. The van der Waals surface area contributed by atoms with Gasteiger partial charge in [0.05, 0.1) is 0 Å². The van der Waals surface area contributed by atoms with Gasteiger partial charge in [-0.3, -0.25) is 0 Å². The van der Waals surface area contributed by atoms with E-state index in [1.54, 1.807) is 0 Å². The predicted octanol–water partition coefficient (Wildman–Crippen LogP) is -0.147. The Kier molecular flexibility index (Phi) is 2.11. The zero-order valence-corrected chi connectivity index (χ0v) is 5.62. The summed E-state index contributed by atoms with van der Waals surface area (Å²) in [6.07, 6.45) is 0.816. The molecule has 4 nitrogen and oxygen atoms in total. The van der Waals surface area contributed by atoms with Gasteiger partial charge in [-0.15, -0.1) is 0 Å². The summed E-state index contributed by atoms with van der Waals surface area (Å²) in [6.45, 7) is 0.156. The van der Waals surface area contributed by atoms with Crippen LogP contribution in [0, 0.1) is 5.92 Å². The Hall–Kier alpha value is -0.770. The highest BCUT2D eigenvalue weighted by Gasteiger charge is 2.39. The highest BCUT2D eigenvalue weighted by atomic mass is 16.6. The van der Waals surface area contributed by atoms with Crippen LogP contribution >= 0.6 is 0 Å². The molecule has 0 bridgehead atoms. The van der Waals surface area contributed by atoms with E-state index < -0.39 is 6.09 Å². The van der Waals surface area contributed by atoms with E-state index in [1.165, 1.54) is 0 Å². The topological polar surface area (TPSA) is 72.6 Å². The van der Waals surface area contributed by atoms with Crippen LogP contribution in [0.5, 0.6) is 0 Å². The quantitative estimate of drug-likeness (QED) is 0.580. The third kappa shape index (κ3) is 1.88. The third-order valence-electron chi connectivity index (χ3n) is 1.63. The smallest absolute Gasteiger partial charge is 0.404 e. The highest BCUT2D eigenvalue weighted by molar-refractivity contribution is 5.65. The number of carbonyl (C=O) groups is 1. The van der Waals surface area contributed by atoms with Crippen LogP contribution in [-0.2, 0) is 4.74 Å². The average Bonchev–Trinajstić information content (AvgIpc) is 2.47. The molecule has 58 valence electrons. The number of nitrogens with two attached hydrogens (primary N) is 1. The molecular formula is C6H11NO3. The lowest BCUT2D eigenvalue weighted by molar-refractivity contribution is 0.140. The van der Waals surface area contributed by atoms with Crippen molar-refractivity contribution in [2.75, 3.05) is 6.61 Å². The monoisotopic (exact) mass is 145 g/mol. The van der Waals surface area contributed by atoms with Crippen LogP contribution in [0.4, 0.5) is 4.79 Å². The van der Waals surface area contributed by atoms with Crippen LogP contribution in [0.25, 0.3) is 0 Å². The van der Waals surface area contributed by atoms with E-state index in [-0.39, 0.29) is 12.7 Å². The van der Waals surface area contributed by atoms with Crippen molar-refractivity contribution in [2.24, 2.45) is 11.7 Å². The molecule has 0 aromatic heterocycles. The molecule has 1 aliphatic carbocycles. The van der Waals surface area contributed by atoms with Gasteiger partial charge in [-0.1, -0.05) is 0 Å². The number of rotatable bonds is 3. The van der Waals surface area contributed by atoms with Crippen molar-refractivity contribution >= 4 is 6.09 Å². The van der Waals surface area contributed by atoms with Crippen molar-refractivity contribution < 1.29 is 14.6 Å². The van der Waals surface area contributed by atoms with Crippen LogP contribution in [0.1, 0.15) is 12.8 Å². The number of carbonyl (C=O) groups excluding carboxylic acids is 1. The van der Waals surface area contributed by atoms with Gasteiger partial charge in [0.1, 0.15) is 6.10 Å². The predicted molar refractivity (Wildman–Crippen MR) is 34.3 cm³/mol. The van der Waals surface area contributed by atoms with Crippen molar-refractivity contribution in [1.29, 1.82) is 0 Å². The van der Waals surface area contributed by atoms with Crippen molar-refractivity contribution in [1.82, 2.24) is 0 Å². The first-order chi connectivity index (χ1) is 4.74. The first-order valence-corrected chi connectivity index (χ1v) is 3.31. The normalized spacial score (nSPS) is 29.7. The Labute approximate surface area is 59.0 Å². The molecule has 0 saturated heterocycles. The number of aliphatic hydroxyl groups excluding tert-OH is 1. The summed E-state index contributed by atoms with van der Waals surface area (Å²) < 4.78 is 4.65. The fourth-order valence-corrected chi connectivity index (χ4v) is 0.983. The Morgan fingerprint density at radius 1 is 1.80 bits per heavy atom. The first kappa shape index (κ1) is 7.34. The van der Waals surface area contributed by atoms with E-state index in [4.69, 9.17) is 10.8 Å². The molecule has 0 radical (unpaired) electrons. The van der Waals surface area contributed by atoms with Crippen LogP contribution in [0.2, 0.25) is 0 Å². The summed E-state index contributed by atoms with van der Waals surface area (Å²) in [6, 6.07) is 0. The molecule has 1 fully saturated rings. The number of ether oxygens (including phenoxy) is 1. The summed E-state index contributed by atoms with van der Waals surface area (Å²) in [5.41, 5.74) is 4.77. The second kappa shape index (κ2) is 2.88. The van der Waals surface area contributed by atoms with Crippen molar-refractivity contribution in [3.05, 3.63) is 0 Å². The van der Waals surface area contributed by atoms with Crippen molar-refractivity contribution in [2.45, 2.75) is 18.9 Å². The van der Waals surface area contributed by atoms with Crippen molar-refractivity contribution in [3.8, 4) is 0 Å². The number of amides is 1. The number of primary amides is 1. The van der Waals surface area contributed by atoms with Gasteiger partial charge in [0.15, 0.2) is 0 Å². The maximum atomic E-state index is 10.1. The Morgan fingerprint density at radius 3 is 3.00 bits per heavy atom. The molecule has 1 aliphatic rings. The Balaban J connectivity index is 2.07. The van der Waals surface area contributed by atoms with Crippen LogP contribution in [0.3, 0.4) is 0 Å². The lowest BCUT2D eigenvalue weighted by atomic mass is 10.3. The molecule has 0 aliphatic heterocycles. The van der Waals surface area contributed by atoms with Crippen LogP contribution in [0.15, 0.2) is 0 Å². The molecule has 0 aromatic carbocycles. The zero-order chi connectivity index (χ0) is 7.56. The SMILES string of the molecule is NC(=O)O[C@@H]1C[C@H]1CCO. The number of hydrogen-bond acceptors (Lipinski definition) is 3. The highest BCUT2D eigenvalue weighted by Crippen LogP contribution is 2.36. The minimum Gasteiger partial charge on any atom is -0.446 e. The van der Waals surface area contributed by atoms with Gasteiger partial charge >= 0.3 is 6.09 Å². The van der Waals surface area contributed by atoms with Crippen LogP contribution < -0.4 is 5.73 Å². The fraction of sp³-hybridized carbons (Fsp3) is 0.833. The summed E-state index contributed by atoms with van der Waals surface area (Å²) in [7, 11) is 0. The van der Waals surface area contributed by atoms with Gasteiger partial charge in [0.25, 0.3) is 0 Å². The lowest BCUT2D eigenvalue weighted by Gasteiger charge is -1.97. The van der Waals surface area contributed by atoms with Gasteiger partial charge in [-0.25, -0.2) is 4.79 Å². The average molecular weight is 145 g/mol. The van der Waals surface area contributed by atoms with Gasteiger partial charge < -0.3 is 15.6 Å². The van der Waals surface area contributed by atoms with E-state index >= 15 is 0 Å². The van der Waals surface area contributed by atoms with Gasteiger partial charge in [0, 0.05) is 12.5 Å². The van der Waals surface area contributed by atoms with Crippen LogP contribution in [-0.4, -0.2) is 23.9 Å². The van der Waals surface area contributed by atoms with E-state index in [2.05, 4.69) is 4.74 Å². The largest absolute Gasteiger partial charge is 0.446 e. The maximum Gasteiger partial charge on any atom is 0.404 e. The molecular weight excluding hydrogens is 134 g/mol. The standard InChI is InChI=1S/C6H11NO3/c7-6(9)10-5-3-4(5)1-2-8/h4-5,8H,1-3H2,(H2,7,9)/t4-,5-/m1/s1. The molecule has 0 aromatic rings. The second-order valence-electron chi connectivity index (χ2n) is 2.48.